The van der Waals surface area contributed by atoms with Crippen LogP contribution in [-0.2, 0) is 0 Å². The Morgan fingerprint density at radius 2 is 0.614 bits per heavy atom. The van der Waals surface area contributed by atoms with Crippen molar-refractivity contribution in [1.29, 1.82) is 0 Å². The third-order valence-corrected chi connectivity index (χ3v) is 10.9. The van der Waals surface area contributed by atoms with Gasteiger partial charge in [-0.25, -0.2) is 0 Å². The Morgan fingerprint density at radius 1 is 0.281 bits per heavy atom. The van der Waals surface area contributed by atoms with Gasteiger partial charge in [0, 0.05) is 49.4 Å². The Labute approximate surface area is 347 Å². The van der Waals surface area contributed by atoms with Gasteiger partial charge in [-0.3, -0.25) is 0 Å². The van der Waals surface area contributed by atoms with Crippen LogP contribution in [-0.4, -0.2) is 13.7 Å². The van der Waals surface area contributed by atoms with Gasteiger partial charge >= 0.3 is 0 Å². The van der Waals surface area contributed by atoms with Crippen LogP contribution >= 0.6 is 0 Å². The van der Waals surface area contributed by atoms with E-state index in [9.17, 15) is 4.11 Å². The quantitative estimate of drug-likeness (QED) is 0.167. The number of rotatable bonds is 5. The van der Waals surface area contributed by atoms with E-state index in [2.05, 4.69) is 57.7 Å². The lowest BCUT2D eigenvalue weighted by atomic mass is 9.98. The zero-order valence-electron chi connectivity index (χ0n) is 43.0. The van der Waals surface area contributed by atoms with Gasteiger partial charge in [-0.1, -0.05) is 145 Å². The molecule has 0 spiro atoms. The molecule has 0 aliphatic carbocycles. The molecule has 0 aliphatic rings. The van der Waals surface area contributed by atoms with Crippen molar-refractivity contribution in [3.05, 3.63) is 212 Å². The lowest BCUT2D eigenvalue weighted by molar-refractivity contribution is 1.14. The topological polar surface area (TPSA) is 14.8 Å². The molecule has 3 heteroatoms. The SMILES string of the molecule is [2H]c1c([2H])c([2H])c(-c2c([2H])c(-c3c([2H])c([2H])c([2H])c([2H])c3[2H])c([2H])c(-n3c4ccccc4c4ccc(-n5c6ccccc6c6ccc(-n7c8ccccc8c8ccccc87)cc65)cc43)c2[2H])c([2H])c1[2H]. The highest BCUT2D eigenvalue weighted by molar-refractivity contribution is 6.13. The fourth-order valence-electron chi connectivity index (χ4n) is 8.48. The molecule has 0 aliphatic heterocycles. The lowest BCUT2D eigenvalue weighted by Crippen LogP contribution is -1.99. The van der Waals surface area contributed by atoms with Crippen LogP contribution in [0.5, 0.6) is 0 Å². The van der Waals surface area contributed by atoms with E-state index in [4.69, 9.17) is 13.7 Å². The molecule has 0 fully saturated rings. The van der Waals surface area contributed by atoms with E-state index in [1.54, 1.807) is 16.7 Å². The summed E-state index contributed by atoms with van der Waals surface area (Å²) in [5, 5.41) is 5.70. The van der Waals surface area contributed by atoms with Gasteiger partial charge in [0.1, 0.15) is 0 Å². The summed E-state index contributed by atoms with van der Waals surface area (Å²) >= 11 is 0. The molecule has 3 nitrogen and oxygen atoms in total. The van der Waals surface area contributed by atoms with Crippen LogP contribution in [0.3, 0.4) is 0 Å². The van der Waals surface area contributed by atoms with Crippen molar-refractivity contribution in [1.82, 2.24) is 13.7 Å². The van der Waals surface area contributed by atoms with Crippen molar-refractivity contribution in [2.75, 3.05) is 0 Å². The van der Waals surface area contributed by atoms with Crippen molar-refractivity contribution in [2.24, 2.45) is 0 Å². The standard InChI is InChI=1S/C54H35N3/c1-3-15-36(16-4-1)38-31-39(37-17-5-2-6-18-37)33-42(32-38)57-52-26-14-10-22-46(52)48-30-28-41(35-54(48)57)56-51-25-13-9-21-45(51)47-29-27-40(34-53(47)56)55-49-23-11-7-19-43(49)44-20-8-12-24-50(44)55/h1-35H/i1D,2D,3D,4D,5D,6D,15D,16D,17D,18D,31D,32D,33D. The van der Waals surface area contributed by atoms with Gasteiger partial charge in [0.15, 0.2) is 0 Å². The second kappa shape index (κ2) is 12.5. The molecule has 9 aromatic carbocycles. The van der Waals surface area contributed by atoms with E-state index in [0.717, 1.165) is 54.7 Å². The molecule has 57 heavy (non-hydrogen) atoms. The average molecular weight is 739 g/mol. The van der Waals surface area contributed by atoms with Gasteiger partial charge in [0.2, 0.25) is 0 Å². The second-order valence-electron chi connectivity index (χ2n) is 14.0. The van der Waals surface area contributed by atoms with Crippen molar-refractivity contribution < 1.29 is 17.8 Å². The van der Waals surface area contributed by atoms with Crippen molar-refractivity contribution in [3.63, 3.8) is 0 Å². The Balaban J connectivity index is 1.20. The molecule has 0 atom stereocenters. The van der Waals surface area contributed by atoms with Gasteiger partial charge in [0.05, 0.1) is 50.9 Å². The maximum atomic E-state index is 9.98. The van der Waals surface area contributed by atoms with E-state index in [-0.39, 0.29) is 5.69 Å². The summed E-state index contributed by atoms with van der Waals surface area (Å²) in [6, 6.07) is 35.5. The first kappa shape index (κ1) is 21.5. The lowest BCUT2D eigenvalue weighted by Gasteiger charge is -2.15. The zero-order valence-corrected chi connectivity index (χ0v) is 30.0. The Hall–Kier alpha value is -7.62. The van der Waals surface area contributed by atoms with Crippen LogP contribution in [0, 0.1) is 0 Å². The summed E-state index contributed by atoms with van der Waals surface area (Å²) in [5.41, 5.74) is 4.47. The highest BCUT2D eigenvalue weighted by atomic mass is 15.0. The van der Waals surface area contributed by atoms with Gasteiger partial charge in [-0.15, -0.1) is 0 Å². The minimum Gasteiger partial charge on any atom is -0.309 e. The minimum atomic E-state index is -0.718. The normalized spacial score (nSPS) is 15.1. The summed E-state index contributed by atoms with van der Waals surface area (Å²) in [6.45, 7) is 0. The monoisotopic (exact) mass is 738 g/mol. The molecule has 12 rings (SSSR count). The van der Waals surface area contributed by atoms with Crippen molar-refractivity contribution in [3.8, 4) is 39.3 Å². The molecule has 0 amide bonds. The minimum absolute atomic E-state index is 0.196. The van der Waals surface area contributed by atoms with Crippen LogP contribution in [0.4, 0.5) is 0 Å². The van der Waals surface area contributed by atoms with E-state index in [0.29, 0.717) is 22.1 Å². The molecule has 0 bridgehead atoms. The first-order valence-electron chi connectivity index (χ1n) is 25.0. The molecule has 3 heterocycles. The molecular formula is C54H35N3. The molecule has 0 saturated carbocycles. The summed E-state index contributed by atoms with van der Waals surface area (Å²) in [4.78, 5) is 0. The first-order chi connectivity index (χ1) is 33.7. The summed E-state index contributed by atoms with van der Waals surface area (Å²) in [5.74, 6) is 0. The fraction of sp³-hybridized carbons (Fsp3) is 0. The van der Waals surface area contributed by atoms with E-state index < -0.39 is 101 Å². The van der Waals surface area contributed by atoms with E-state index in [1.165, 1.54) is 0 Å². The van der Waals surface area contributed by atoms with Gasteiger partial charge in [0.25, 0.3) is 0 Å². The molecule has 0 unspecified atom stereocenters. The van der Waals surface area contributed by atoms with Gasteiger partial charge in [-0.05, 0) is 88.9 Å². The van der Waals surface area contributed by atoms with Crippen LogP contribution in [0.15, 0.2) is 212 Å². The number of hydrogen-bond donors (Lipinski definition) is 0. The molecule has 3 aromatic heterocycles. The van der Waals surface area contributed by atoms with Crippen LogP contribution < -0.4 is 0 Å². The van der Waals surface area contributed by atoms with Gasteiger partial charge < -0.3 is 13.7 Å². The number of fused-ring (bicyclic) bond motifs is 9. The van der Waals surface area contributed by atoms with Crippen molar-refractivity contribution >= 4 is 65.4 Å². The summed E-state index contributed by atoms with van der Waals surface area (Å²) in [7, 11) is 0. The number of aromatic nitrogens is 3. The van der Waals surface area contributed by atoms with E-state index >= 15 is 0 Å². The van der Waals surface area contributed by atoms with Crippen LogP contribution in [0.1, 0.15) is 17.8 Å². The third kappa shape index (κ3) is 4.86. The number of nitrogens with zero attached hydrogens (tertiary/aromatic N) is 3. The van der Waals surface area contributed by atoms with Crippen LogP contribution in [0.25, 0.3) is 105 Å². The summed E-state index contributed by atoms with van der Waals surface area (Å²) in [6.07, 6.45) is 0. The number of hydrogen-bond acceptors (Lipinski definition) is 0. The predicted molar refractivity (Wildman–Crippen MR) is 240 cm³/mol. The number of benzene rings is 9. The summed E-state index contributed by atoms with van der Waals surface area (Å²) < 4.78 is 123. The highest BCUT2D eigenvalue weighted by Gasteiger charge is 2.19. The molecule has 0 radical (unpaired) electrons. The smallest absolute Gasteiger partial charge is 0.0651 e. The largest absolute Gasteiger partial charge is 0.309 e. The van der Waals surface area contributed by atoms with E-state index in [1.807, 2.05) is 72.8 Å². The Morgan fingerprint density at radius 3 is 1.02 bits per heavy atom. The predicted octanol–water partition coefficient (Wildman–Crippen LogP) is 14.3. The zero-order chi connectivity index (χ0) is 48.8. The first-order valence-corrected chi connectivity index (χ1v) is 18.5. The average Bonchev–Trinajstić information content (AvgIpc) is 4.01. The second-order valence-corrected chi connectivity index (χ2v) is 14.0. The molecule has 266 valence electrons. The molecular weight excluding hydrogens is 691 g/mol. The Kier molecular flexibility index (Phi) is 4.69. The highest BCUT2D eigenvalue weighted by Crippen LogP contribution is 2.40. The molecule has 0 saturated heterocycles. The maximum absolute atomic E-state index is 9.98. The maximum Gasteiger partial charge on any atom is 0.0651 e. The fourth-order valence-corrected chi connectivity index (χ4v) is 8.48. The Bertz CT molecular complexity index is 4090. The van der Waals surface area contributed by atoms with Gasteiger partial charge in [-0.2, -0.15) is 0 Å². The van der Waals surface area contributed by atoms with Crippen molar-refractivity contribution in [2.45, 2.75) is 0 Å². The van der Waals surface area contributed by atoms with Crippen LogP contribution in [0.2, 0.25) is 0 Å². The third-order valence-electron chi connectivity index (χ3n) is 10.9. The number of para-hydroxylation sites is 4. The molecule has 0 N–H and O–H groups in total. The molecule has 12 aromatic rings.